The van der Waals surface area contributed by atoms with E-state index < -0.39 is 10.2 Å². The van der Waals surface area contributed by atoms with Crippen LogP contribution in [0.5, 0.6) is 0 Å². The second-order valence-corrected chi connectivity index (χ2v) is 6.45. The summed E-state index contributed by atoms with van der Waals surface area (Å²) in [6, 6.07) is 7.26. The SMILES string of the molecule is O=S(=O)(Nc1ccc(-c2cn[nH]c2)cc1)N1CCCC1. The molecule has 1 aliphatic rings. The van der Waals surface area contributed by atoms with Crippen molar-refractivity contribution in [2.75, 3.05) is 17.8 Å². The normalized spacial score (nSPS) is 16.4. The maximum atomic E-state index is 12.1. The van der Waals surface area contributed by atoms with Crippen molar-refractivity contribution in [1.29, 1.82) is 0 Å². The van der Waals surface area contributed by atoms with E-state index in [4.69, 9.17) is 0 Å². The lowest BCUT2D eigenvalue weighted by Crippen LogP contribution is -2.33. The first kappa shape index (κ1) is 13.1. The third kappa shape index (κ3) is 2.68. The summed E-state index contributed by atoms with van der Waals surface area (Å²) in [6.07, 6.45) is 5.38. The van der Waals surface area contributed by atoms with E-state index in [1.165, 1.54) is 4.31 Å². The van der Waals surface area contributed by atoms with Crippen LogP contribution in [0.4, 0.5) is 5.69 Å². The number of rotatable bonds is 4. The van der Waals surface area contributed by atoms with E-state index in [-0.39, 0.29) is 0 Å². The van der Waals surface area contributed by atoms with Gasteiger partial charge in [-0.2, -0.15) is 17.8 Å². The minimum Gasteiger partial charge on any atom is -0.285 e. The lowest BCUT2D eigenvalue weighted by Gasteiger charge is -2.16. The number of nitrogens with zero attached hydrogens (tertiary/aromatic N) is 2. The Balaban J connectivity index is 1.75. The Morgan fingerprint density at radius 3 is 2.40 bits per heavy atom. The number of anilines is 1. The van der Waals surface area contributed by atoms with Gasteiger partial charge in [-0.25, -0.2) is 0 Å². The van der Waals surface area contributed by atoms with Crippen LogP contribution in [0.1, 0.15) is 12.8 Å². The molecule has 20 heavy (non-hydrogen) atoms. The van der Waals surface area contributed by atoms with E-state index in [9.17, 15) is 8.42 Å². The van der Waals surface area contributed by atoms with Crippen molar-refractivity contribution in [3.05, 3.63) is 36.7 Å². The summed E-state index contributed by atoms with van der Waals surface area (Å²) in [7, 11) is -3.41. The molecule has 0 bridgehead atoms. The van der Waals surface area contributed by atoms with E-state index >= 15 is 0 Å². The standard InChI is InChI=1S/C13H16N4O2S/c18-20(19,17-7-1-2-8-17)16-13-5-3-11(4-6-13)12-9-14-15-10-12/h3-6,9-10,16H,1-2,7-8H2,(H,14,15). The second kappa shape index (κ2) is 5.26. The van der Waals surface area contributed by atoms with Gasteiger partial charge in [-0.15, -0.1) is 0 Å². The van der Waals surface area contributed by atoms with Gasteiger partial charge >= 0.3 is 10.2 Å². The fourth-order valence-corrected chi connectivity index (χ4v) is 3.58. The molecule has 0 radical (unpaired) electrons. The fraction of sp³-hybridized carbons (Fsp3) is 0.308. The summed E-state index contributed by atoms with van der Waals surface area (Å²) >= 11 is 0. The van der Waals surface area contributed by atoms with Gasteiger partial charge in [-0.05, 0) is 30.5 Å². The molecular formula is C13H16N4O2S. The molecular weight excluding hydrogens is 276 g/mol. The van der Waals surface area contributed by atoms with Gasteiger partial charge in [0.15, 0.2) is 0 Å². The summed E-state index contributed by atoms with van der Waals surface area (Å²) in [5.74, 6) is 0. The second-order valence-electron chi connectivity index (χ2n) is 4.78. The van der Waals surface area contributed by atoms with Gasteiger partial charge < -0.3 is 0 Å². The smallest absolute Gasteiger partial charge is 0.285 e. The fourth-order valence-electron chi connectivity index (χ4n) is 2.28. The molecule has 1 aromatic heterocycles. The van der Waals surface area contributed by atoms with Gasteiger partial charge in [0.1, 0.15) is 0 Å². The molecule has 1 fully saturated rings. The Labute approximate surface area is 118 Å². The Morgan fingerprint density at radius 2 is 1.80 bits per heavy atom. The van der Waals surface area contributed by atoms with E-state index in [2.05, 4.69) is 14.9 Å². The summed E-state index contributed by atoms with van der Waals surface area (Å²) < 4.78 is 28.3. The van der Waals surface area contributed by atoms with Crippen molar-refractivity contribution >= 4 is 15.9 Å². The summed E-state index contributed by atoms with van der Waals surface area (Å²) in [6.45, 7) is 1.20. The van der Waals surface area contributed by atoms with Crippen molar-refractivity contribution in [2.24, 2.45) is 0 Å². The van der Waals surface area contributed by atoms with Gasteiger partial charge in [-0.1, -0.05) is 12.1 Å². The predicted molar refractivity (Wildman–Crippen MR) is 77.4 cm³/mol. The third-order valence-corrected chi connectivity index (χ3v) is 4.91. The minimum absolute atomic E-state index is 0.573. The van der Waals surface area contributed by atoms with Crippen molar-refractivity contribution in [2.45, 2.75) is 12.8 Å². The van der Waals surface area contributed by atoms with E-state index in [1.807, 2.05) is 12.1 Å². The Morgan fingerprint density at radius 1 is 1.10 bits per heavy atom. The molecule has 1 aromatic carbocycles. The van der Waals surface area contributed by atoms with Crippen LogP contribution in [0.2, 0.25) is 0 Å². The first-order valence-corrected chi connectivity index (χ1v) is 7.96. The molecule has 1 aliphatic heterocycles. The number of benzene rings is 1. The molecule has 2 heterocycles. The summed E-state index contributed by atoms with van der Waals surface area (Å²) in [5.41, 5.74) is 2.53. The van der Waals surface area contributed by atoms with Gasteiger partial charge in [0.2, 0.25) is 0 Å². The maximum absolute atomic E-state index is 12.1. The average molecular weight is 292 g/mol. The zero-order chi connectivity index (χ0) is 14.0. The molecule has 106 valence electrons. The van der Waals surface area contributed by atoms with Crippen LogP contribution in [-0.4, -0.2) is 36.0 Å². The molecule has 2 aromatic rings. The summed E-state index contributed by atoms with van der Waals surface area (Å²) in [4.78, 5) is 0. The van der Waals surface area contributed by atoms with Crippen molar-refractivity contribution in [1.82, 2.24) is 14.5 Å². The Kier molecular flexibility index (Phi) is 3.45. The highest BCUT2D eigenvalue weighted by molar-refractivity contribution is 7.90. The molecule has 1 saturated heterocycles. The quantitative estimate of drug-likeness (QED) is 0.902. The molecule has 0 amide bonds. The van der Waals surface area contributed by atoms with Crippen molar-refractivity contribution in [3.63, 3.8) is 0 Å². The van der Waals surface area contributed by atoms with E-state index in [0.29, 0.717) is 18.8 Å². The highest BCUT2D eigenvalue weighted by Gasteiger charge is 2.24. The van der Waals surface area contributed by atoms with E-state index in [1.54, 1.807) is 24.5 Å². The number of nitrogens with one attached hydrogen (secondary N) is 2. The van der Waals surface area contributed by atoms with Crippen LogP contribution in [0.3, 0.4) is 0 Å². The molecule has 2 N–H and O–H groups in total. The number of hydrogen-bond acceptors (Lipinski definition) is 3. The van der Waals surface area contributed by atoms with Crippen LogP contribution in [-0.2, 0) is 10.2 Å². The zero-order valence-electron chi connectivity index (χ0n) is 10.9. The highest BCUT2D eigenvalue weighted by Crippen LogP contribution is 2.22. The Bertz CT molecular complexity index is 659. The molecule has 7 heteroatoms. The Hall–Kier alpha value is -1.86. The minimum atomic E-state index is -3.41. The van der Waals surface area contributed by atoms with Crippen molar-refractivity contribution in [3.8, 4) is 11.1 Å². The summed E-state index contributed by atoms with van der Waals surface area (Å²) in [5, 5.41) is 6.64. The molecule has 6 nitrogen and oxygen atoms in total. The molecule has 0 aliphatic carbocycles. The molecule has 0 saturated carbocycles. The monoisotopic (exact) mass is 292 g/mol. The van der Waals surface area contributed by atoms with Gasteiger partial charge in [-0.3, -0.25) is 9.82 Å². The van der Waals surface area contributed by atoms with Crippen LogP contribution in [0, 0.1) is 0 Å². The largest absolute Gasteiger partial charge is 0.301 e. The highest BCUT2D eigenvalue weighted by atomic mass is 32.2. The van der Waals surface area contributed by atoms with Gasteiger partial charge in [0.25, 0.3) is 0 Å². The van der Waals surface area contributed by atoms with Crippen LogP contribution in [0.15, 0.2) is 36.7 Å². The number of aromatic amines is 1. The lowest BCUT2D eigenvalue weighted by atomic mass is 10.1. The maximum Gasteiger partial charge on any atom is 0.301 e. The number of H-pyrrole nitrogens is 1. The lowest BCUT2D eigenvalue weighted by molar-refractivity contribution is 0.482. The first-order chi connectivity index (χ1) is 9.65. The predicted octanol–water partition coefficient (Wildman–Crippen LogP) is 1.83. The number of hydrogen-bond donors (Lipinski definition) is 2. The molecule has 0 atom stereocenters. The average Bonchev–Trinajstić information content (AvgIpc) is 3.13. The van der Waals surface area contributed by atoms with Crippen LogP contribution >= 0.6 is 0 Å². The van der Waals surface area contributed by atoms with Crippen molar-refractivity contribution < 1.29 is 8.42 Å². The third-order valence-electron chi connectivity index (χ3n) is 3.37. The zero-order valence-corrected chi connectivity index (χ0v) is 11.7. The topological polar surface area (TPSA) is 78.1 Å². The molecule has 3 rings (SSSR count). The van der Waals surface area contributed by atoms with E-state index in [0.717, 1.165) is 24.0 Å². The van der Waals surface area contributed by atoms with Crippen LogP contribution < -0.4 is 4.72 Å². The molecule has 0 spiro atoms. The van der Waals surface area contributed by atoms with Gasteiger partial charge in [0, 0.05) is 30.5 Å². The molecule has 0 unspecified atom stereocenters. The van der Waals surface area contributed by atoms with Gasteiger partial charge in [0.05, 0.1) is 6.20 Å². The van der Waals surface area contributed by atoms with Crippen LogP contribution in [0.25, 0.3) is 11.1 Å². The first-order valence-electron chi connectivity index (χ1n) is 6.52. The number of aromatic nitrogens is 2.